The van der Waals surface area contributed by atoms with Gasteiger partial charge in [0.1, 0.15) is 0 Å². The lowest BCUT2D eigenvalue weighted by Gasteiger charge is -2.23. The number of aryl methyl sites for hydroxylation is 2. The smallest absolute Gasteiger partial charge is 0.0539 e. The molecule has 2 aromatic carbocycles. The first-order valence-corrected chi connectivity index (χ1v) is 16.8. The monoisotopic (exact) mass is 610 g/mol. The molecule has 0 atom stereocenters. The highest BCUT2D eigenvalue weighted by Crippen LogP contribution is 2.42. The molecule has 1 aliphatic heterocycles. The van der Waals surface area contributed by atoms with E-state index in [4.69, 9.17) is 0 Å². The lowest BCUT2D eigenvalue weighted by atomic mass is 9.99. The standard InChI is InChI=1S/C15H19NS.C11H16.C8H8.C5H11N.C2H4/c1-3-17-16(2)15-13-8-4-6-11(13)10-12-7-5-9-14(12)15;1-5-7-8-11(6-2)9-10(3)4;1-2-8-6-4-3-5-7-8;1-6-4-2-3-5-6;1-2/h3,10H,1,4-9H2,2H3;5-10H,1-2H2,3-4H3;2-7H,1H2;2-5H2,1H3;1-2H2/b;8-7-,11-9-;;;. The molecule has 1 heterocycles. The van der Waals surface area contributed by atoms with Crippen molar-refractivity contribution in [1.82, 2.24) is 4.90 Å². The Morgan fingerprint density at radius 3 is 1.82 bits per heavy atom. The van der Waals surface area contributed by atoms with E-state index in [0.717, 1.165) is 5.57 Å². The molecule has 1 fully saturated rings. The van der Waals surface area contributed by atoms with Crippen LogP contribution in [0, 0.1) is 5.92 Å². The molecule has 5 rings (SSSR count). The summed E-state index contributed by atoms with van der Waals surface area (Å²) in [7, 11) is 4.35. The molecule has 0 aromatic heterocycles. The van der Waals surface area contributed by atoms with Gasteiger partial charge in [-0.3, -0.25) is 0 Å². The van der Waals surface area contributed by atoms with E-state index < -0.39 is 0 Å². The van der Waals surface area contributed by atoms with Crippen LogP contribution >= 0.6 is 11.9 Å². The third kappa shape index (κ3) is 14.0. The molecule has 0 spiro atoms. The molecular weight excluding hydrogens is 553 g/mol. The van der Waals surface area contributed by atoms with Gasteiger partial charge in [-0.1, -0.05) is 113 Å². The van der Waals surface area contributed by atoms with E-state index in [-0.39, 0.29) is 0 Å². The first-order chi connectivity index (χ1) is 21.3. The molecule has 1 saturated heterocycles. The molecular formula is C41H58N2S. The van der Waals surface area contributed by atoms with E-state index >= 15 is 0 Å². The molecule has 44 heavy (non-hydrogen) atoms. The van der Waals surface area contributed by atoms with Crippen molar-refractivity contribution in [2.24, 2.45) is 5.92 Å². The summed E-state index contributed by atoms with van der Waals surface area (Å²) in [6.07, 6.45) is 22.1. The van der Waals surface area contributed by atoms with Gasteiger partial charge in [-0.25, -0.2) is 0 Å². The Kier molecular flexibility index (Phi) is 20.4. The second kappa shape index (κ2) is 23.2. The van der Waals surface area contributed by atoms with Crippen LogP contribution in [0.1, 0.15) is 67.3 Å². The van der Waals surface area contributed by atoms with Gasteiger partial charge in [0.15, 0.2) is 0 Å². The lowest BCUT2D eigenvalue weighted by molar-refractivity contribution is 0.418. The summed E-state index contributed by atoms with van der Waals surface area (Å²) < 4.78 is 2.32. The molecule has 3 aliphatic rings. The van der Waals surface area contributed by atoms with E-state index in [1.165, 1.54) is 75.7 Å². The average molecular weight is 611 g/mol. The van der Waals surface area contributed by atoms with Gasteiger partial charge in [0, 0.05) is 7.05 Å². The second-order valence-corrected chi connectivity index (χ2v) is 12.4. The summed E-state index contributed by atoms with van der Waals surface area (Å²) in [6, 6.07) is 12.5. The van der Waals surface area contributed by atoms with Crippen LogP contribution in [0.2, 0.25) is 0 Å². The summed E-state index contributed by atoms with van der Waals surface area (Å²) >= 11 is 1.71. The van der Waals surface area contributed by atoms with Crippen molar-refractivity contribution in [3.8, 4) is 0 Å². The summed E-state index contributed by atoms with van der Waals surface area (Å²) in [6.45, 7) is 27.7. The lowest BCUT2D eigenvalue weighted by Crippen LogP contribution is -2.11. The highest BCUT2D eigenvalue weighted by Gasteiger charge is 2.25. The van der Waals surface area contributed by atoms with E-state index in [2.05, 4.69) is 88.8 Å². The molecule has 0 radical (unpaired) electrons. The maximum Gasteiger partial charge on any atom is 0.0539 e. The largest absolute Gasteiger partial charge is 0.315 e. The van der Waals surface area contributed by atoms with Gasteiger partial charge >= 0.3 is 0 Å². The maximum absolute atomic E-state index is 3.83. The number of likely N-dealkylation sites (tertiary alicyclic amines) is 1. The first kappa shape index (κ1) is 38.8. The van der Waals surface area contributed by atoms with Gasteiger partial charge < -0.3 is 9.21 Å². The maximum atomic E-state index is 3.83. The van der Waals surface area contributed by atoms with Crippen LogP contribution < -0.4 is 4.31 Å². The summed E-state index contributed by atoms with van der Waals surface area (Å²) in [5.41, 5.74) is 10.3. The molecule has 0 bridgehead atoms. The van der Waals surface area contributed by atoms with Gasteiger partial charge in [-0.05, 0) is 128 Å². The van der Waals surface area contributed by atoms with Crippen molar-refractivity contribution in [2.75, 3.05) is 31.5 Å². The second-order valence-electron chi connectivity index (χ2n) is 11.3. The molecule has 2 aromatic rings. The Morgan fingerprint density at radius 2 is 1.43 bits per heavy atom. The van der Waals surface area contributed by atoms with Gasteiger partial charge in [0.25, 0.3) is 0 Å². The minimum atomic E-state index is 0.567. The van der Waals surface area contributed by atoms with E-state index in [0.29, 0.717) is 5.92 Å². The zero-order chi connectivity index (χ0) is 32.7. The Morgan fingerprint density at radius 1 is 0.864 bits per heavy atom. The van der Waals surface area contributed by atoms with Crippen LogP contribution in [0.15, 0.2) is 117 Å². The summed E-state index contributed by atoms with van der Waals surface area (Å²) in [5, 5.41) is 1.93. The van der Waals surface area contributed by atoms with Crippen LogP contribution in [0.3, 0.4) is 0 Å². The number of hydrogen-bond donors (Lipinski definition) is 0. The van der Waals surface area contributed by atoms with Crippen LogP contribution in [-0.2, 0) is 25.7 Å². The topological polar surface area (TPSA) is 6.48 Å². The number of benzene rings is 2. The predicted molar refractivity (Wildman–Crippen MR) is 204 cm³/mol. The zero-order valence-electron chi connectivity index (χ0n) is 28.2. The molecule has 0 saturated carbocycles. The number of fused-ring (bicyclic) bond motifs is 2. The molecule has 2 aliphatic carbocycles. The van der Waals surface area contributed by atoms with Gasteiger partial charge in [0.2, 0.25) is 0 Å². The van der Waals surface area contributed by atoms with Crippen LogP contribution in [0.4, 0.5) is 5.69 Å². The van der Waals surface area contributed by atoms with Crippen LogP contribution in [0.25, 0.3) is 6.08 Å². The summed E-state index contributed by atoms with van der Waals surface area (Å²) in [4.78, 5) is 2.36. The number of anilines is 1. The molecule has 238 valence electrons. The number of rotatable bonds is 8. The fourth-order valence-corrected chi connectivity index (χ4v) is 6.10. The number of allylic oxidation sites excluding steroid dienone is 6. The quantitative estimate of drug-likeness (QED) is 0.167. The van der Waals surface area contributed by atoms with Crippen molar-refractivity contribution >= 4 is 23.7 Å². The van der Waals surface area contributed by atoms with E-state index in [9.17, 15) is 0 Å². The normalized spacial score (nSPS) is 14.7. The molecule has 0 amide bonds. The third-order valence-corrected chi connectivity index (χ3v) is 8.19. The Labute approximate surface area is 275 Å². The Bertz CT molecular complexity index is 1170. The van der Waals surface area contributed by atoms with E-state index in [1.54, 1.807) is 40.3 Å². The zero-order valence-corrected chi connectivity index (χ0v) is 29.0. The number of hydrogen-bond acceptors (Lipinski definition) is 3. The third-order valence-electron chi connectivity index (χ3n) is 7.54. The fourth-order valence-electron chi connectivity index (χ4n) is 5.55. The van der Waals surface area contributed by atoms with Crippen LogP contribution in [0.5, 0.6) is 0 Å². The highest BCUT2D eigenvalue weighted by molar-refractivity contribution is 8.03. The predicted octanol–water partition coefficient (Wildman–Crippen LogP) is 11.2. The molecule has 0 N–H and O–H groups in total. The van der Waals surface area contributed by atoms with Crippen molar-refractivity contribution < 1.29 is 0 Å². The van der Waals surface area contributed by atoms with Crippen molar-refractivity contribution in [3.63, 3.8) is 0 Å². The average Bonchev–Trinajstić information content (AvgIpc) is 3.83. The van der Waals surface area contributed by atoms with Crippen molar-refractivity contribution in [1.29, 1.82) is 0 Å². The molecule has 2 nitrogen and oxygen atoms in total. The first-order valence-electron chi connectivity index (χ1n) is 16.0. The molecule has 3 heteroatoms. The summed E-state index contributed by atoms with van der Waals surface area (Å²) in [5.74, 6) is 0.567. The minimum absolute atomic E-state index is 0.567. The SMILES string of the molecule is C=C.C=C/C=C\C(C=C)=C/C(C)C.C=CSN(C)c1c2c(cc3c1CCC3)CCC2.C=Cc1ccccc1.CN1CCCC1. The van der Waals surface area contributed by atoms with Gasteiger partial charge in [0.05, 0.1) is 5.69 Å². The van der Waals surface area contributed by atoms with Gasteiger partial charge in [-0.2, -0.15) is 0 Å². The number of nitrogens with zero attached hydrogens (tertiary/aromatic N) is 2. The van der Waals surface area contributed by atoms with Crippen molar-refractivity contribution in [2.45, 2.75) is 65.2 Å². The highest BCUT2D eigenvalue weighted by atomic mass is 32.2. The molecule has 0 unspecified atom stereocenters. The van der Waals surface area contributed by atoms with E-state index in [1.807, 2.05) is 60.0 Å². The Hall–Kier alpha value is -3.27. The van der Waals surface area contributed by atoms with Gasteiger partial charge in [-0.15, -0.1) is 13.2 Å². The van der Waals surface area contributed by atoms with Crippen molar-refractivity contribution in [3.05, 3.63) is 145 Å². The fraction of sp³-hybridized carbons (Fsp3) is 0.366. The Balaban J connectivity index is 0.000000310. The van der Waals surface area contributed by atoms with Crippen LogP contribution in [-0.4, -0.2) is 32.1 Å². The minimum Gasteiger partial charge on any atom is -0.315 e.